The minimum Gasteiger partial charge on any atom is -0.447 e. The van der Waals surface area contributed by atoms with Crippen LogP contribution in [-0.4, -0.2) is 0 Å². The topological polar surface area (TPSA) is 9.23 Å². The maximum absolute atomic E-state index is 12.6. The fraction of sp³-hybridized carbons (Fsp3) is 0.143. The first-order chi connectivity index (χ1) is 6.34. The van der Waals surface area contributed by atoms with Crippen molar-refractivity contribution in [3.05, 3.63) is 23.0 Å². The van der Waals surface area contributed by atoms with E-state index in [-0.39, 0.29) is 0 Å². The Morgan fingerprint density at radius 2 is 1.36 bits per heavy atom. The van der Waals surface area contributed by atoms with Gasteiger partial charge in [-0.15, -0.1) is 0 Å². The molecule has 14 heavy (non-hydrogen) atoms. The van der Waals surface area contributed by atoms with Crippen LogP contribution in [0.15, 0.2) is 0 Å². The maximum Gasteiger partial charge on any atom is 0.423 e. The molecule has 0 N–H and O–H groups in total. The van der Waals surface area contributed by atoms with Crippen LogP contribution in [-0.2, 0) is 6.18 Å². The van der Waals surface area contributed by atoms with E-state index < -0.39 is 40.7 Å². The third kappa shape index (κ3) is 0.919. The van der Waals surface area contributed by atoms with Crippen LogP contribution in [0, 0.1) is 17.5 Å². The van der Waals surface area contributed by atoms with Crippen molar-refractivity contribution in [3.8, 4) is 11.5 Å². The van der Waals surface area contributed by atoms with E-state index in [4.69, 9.17) is 0 Å². The second kappa shape index (κ2) is 2.34. The molecule has 0 saturated heterocycles. The predicted octanol–water partition coefficient (Wildman–Crippen LogP) is 3.23. The van der Waals surface area contributed by atoms with Gasteiger partial charge in [0.25, 0.3) is 0 Å². The molecule has 7 heteroatoms. The highest BCUT2D eigenvalue weighted by Gasteiger charge is 2.47. The number of hydrogen-bond acceptors (Lipinski definition) is 1. The molecule has 0 radical (unpaired) electrons. The quantitative estimate of drug-likeness (QED) is 0.483. The second-order valence-electron chi connectivity index (χ2n) is 2.58. The van der Waals surface area contributed by atoms with E-state index in [0.717, 1.165) is 0 Å². The smallest absolute Gasteiger partial charge is 0.423 e. The summed E-state index contributed by atoms with van der Waals surface area (Å²) < 4.78 is 77.9. The minimum absolute atomic E-state index is 1.11. The van der Waals surface area contributed by atoms with Gasteiger partial charge in [0.05, 0.1) is 0 Å². The van der Waals surface area contributed by atoms with E-state index in [1.54, 1.807) is 0 Å². The van der Waals surface area contributed by atoms with Crippen molar-refractivity contribution in [2.24, 2.45) is 0 Å². The van der Waals surface area contributed by atoms with Gasteiger partial charge in [0, 0.05) is 0 Å². The summed E-state index contributed by atoms with van der Waals surface area (Å²) in [6, 6.07) is 0. The van der Waals surface area contributed by atoms with E-state index >= 15 is 0 Å². The van der Waals surface area contributed by atoms with Gasteiger partial charge >= 0.3 is 6.18 Å². The lowest BCUT2D eigenvalue weighted by atomic mass is 10.1. The Morgan fingerprint density at radius 3 is 1.79 bits per heavy atom. The highest BCUT2D eigenvalue weighted by atomic mass is 19.4. The number of hydrogen-bond donors (Lipinski definition) is 0. The lowest BCUT2D eigenvalue weighted by Crippen LogP contribution is -2.19. The molecule has 0 saturated carbocycles. The van der Waals surface area contributed by atoms with Crippen LogP contribution in [0.5, 0.6) is 11.5 Å². The number of fused-ring (bicyclic) bond motifs is 2. The molecule has 0 atom stereocenters. The Kier molecular flexibility index (Phi) is 1.53. The molecule has 1 nitrogen and oxygen atoms in total. The normalized spacial score (nSPS) is 13.6. The molecule has 0 spiro atoms. The maximum atomic E-state index is 12.6. The largest absolute Gasteiger partial charge is 0.447 e. The number of ether oxygens (including phenoxy) is 1. The highest BCUT2D eigenvalue weighted by molar-refractivity contribution is 5.55. The van der Waals surface area contributed by atoms with Gasteiger partial charge in [0.2, 0.25) is 17.4 Å². The van der Waals surface area contributed by atoms with Crippen molar-refractivity contribution < 1.29 is 31.1 Å². The predicted molar refractivity (Wildman–Crippen MR) is 31.4 cm³/mol. The Labute approximate surface area is 72.9 Å². The van der Waals surface area contributed by atoms with Crippen LogP contribution in [0.25, 0.3) is 0 Å². The summed E-state index contributed by atoms with van der Waals surface area (Å²) in [5.74, 6) is -7.98. The first-order valence-corrected chi connectivity index (χ1v) is 3.29. The van der Waals surface area contributed by atoms with Gasteiger partial charge < -0.3 is 4.74 Å². The molecule has 2 aliphatic rings. The van der Waals surface area contributed by atoms with Gasteiger partial charge in [-0.05, 0) is 0 Å². The zero-order chi connectivity index (χ0) is 10.7. The lowest BCUT2D eigenvalue weighted by Gasteiger charge is -2.24. The van der Waals surface area contributed by atoms with Crippen molar-refractivity contribution in [3.63, 3.8) is 0 Å². The van der Waals surface area contributed by atoms with E-state index in [9.17, 15) is 26.3 Å². The second-order valence-corrected chi connectivity index (χ2v) is 2.58. The Hall–Kier alpha value is -1.40. The molecule has 2 bridgehead atoms. The van der Waals surface area contributed by atoms with Gasteiger partial charge in [-0.25, -0.2) is 4.39 Å². The van der Waals surface area contributed by atoms with Crippen LogP contribution in [0.1, 0.15) is 5.56 Å². The number of alkyl halides is 3. The lowest BCUT2D eigenvalue weighted by molar-refractivity contribution is -0.142. The van der Waals surface area contributed by atoms with E-state index in [0.29, 0.717) is 0 Å². The molecule has 0 unspecified atom stereocenters. The minimum atomic E-state index is -5.18. The van der Waals surface area contributed by atoms with Gasteiger partial charge in [0.1, 0.15) is 5.56 Å². The van der Waals surface area contributed by atoms with Gasteiger partial charge in [-0.1, -0.05) is 0 Å². The highest BCUT2D eigenvalue weighted by Crippen LogP contribution is 2.52. The molecule has 0 aromatic heterocycles. The summed E-state index contributed by atoms with van der Waals surface area (Å²) in [5, 5.41) is 0. The zero-order valence-electron chi connectivity index (χ0n) is 6.18. The molecule has 1 aromatic carbocycles. The summed E-state index contributed by atoms with van der Waals surface area (Å²) in [6.45, 7) is 0. The van der Waals surface area contributed by atoms with Crippen LogP contribution in [0.4, 0.5) is 26.3 Å². The summed E-state index contributed by atoms with van der Waals surface area (Å²) in [7, 11) is 0. The number of halogens is 6. The third-order valence-electron chi connectivity index (χ3n) is 1.72. The number of rotatable bonds is 0. The molecular weight excluding hydrogens is 214 g/mol. The fourth-order valence-electron chi connectivity index (χ4n) is 1.11. The molecule has 3 rings (SSSR count). The van der Waals surface area contributed by atoms with Crippen molar-refractivity contribution in [1.29, 1.82) is 0 Å². The Bertz CT molecular complexity index is 418. The molecule has 2 aliphatic heterocycles. The average molecular weight is 214 g/mol. The third-order valence-corrected chi connectivity index (χ3v) is 1.72. The number of benzene rings is 1. The molecule has 76 valence electrons. The van der Waals surface area contributed by atoms with Crippen LogP contribution in [0.2, 0.25) is 0 Å². The van der Waals surface area contributed by atoms with Crippen molar-refractivity contribution in [2.75, 3.05) is 0 Å². The summed E-state index contributed by atoms with van der Waals surface area (Å²) in [6.07, 6.45) is -5.18. The fourth-order valence-corrected chi connectivity index (χ4v) is 1.11. The molecule has 0 fully saturated rings. The first kappa shape index (κ1) is 9.17. The Balaban J connectivity index is 2.75. The van der Waals surface area contributed by atoms with Crippen LogP contribution in [0.3, 0.4) is 0 Å². The van der Waals surface area contributed by atoms with Crippen molar-refractivity contribution in [2.45, 2.75) is 6.18 Å². The summed E-state index contributed by atoms with van der Waals surface area (Å²) >= 11 is 0. The molecule has 2 heterocycles. The zero-order valence-corrected chi connectivity index (χ0v) is 6.18. The van der Waals surface area contributed by atoms with Crippen molar-refractivity contribution in [1.82, 2.24) is 0 Å². The monoisotopic (exact) mass is 214 g/mol. The van der Waals surface area contributed by atoms with Crippen LogP contribution < -0.4 is 4.74 Å². The van der Waals surface area contributed by atoms with E-state index in [2.05, 4.69) is 4.74 Å². The molecular formula is C7F6O. The summed E-state index contributed by atoms with van der Waals surface area (Å²) in [4.78, 5) is 0. The van der Waals surface area contributed by atoms with Gasteiger partial charge in [0.15, 0.2) is 11.6 Å². The van der Waals surface area contributed by atoms with Crippen LogP contribution >= 0.6 is 0 Å². The van der Waals surface area contributed by atoms with Gasteiger partial charge in [-0.3, -0.25) is 0 Å². The van der Waals surface area contributed by atoms with E-state index in [1.165, 1.54) is 0 Å². The SMILES string of the molecule is Fc1c(F)c(C(F)(F)F)c2c(F)c1O2. The molecule has 1 aromatic rings. The summed E-state index contributed by atoms with van der Waals surface area (Å²) in [5.41, 5.74) is -2.04. The molecule has 0 amide bonds. The van der Waals surface area contributed by atoms with Gasteiger partial charge in [-0.2, -0.15) is 22.0 Å². The molecule has 0 aliphatic carbocycles. The first-order valence-electron chi connectivity index (χ1n) is 3.29. The standard InChI is InChI=1S/C7F6O/c8-2-1(7(11,12)13)5-4(10)6(14-5)3(2)9. The Morgan fingerprint density at radius 1 is 0.786 bits per heavy atom. The van der Waals surface area contributed by atoms with Crippen molar-refractivity contribution >= 4 is 0 Å². The van der Waals surface area contributed by atoms with E-state index in [1.807, 2.05) is 0 Å². The average Bonchev–Trinajstić information content (AvgIpc) is 2.05.